The fraction of sp³-hybridized carbons (Fsp3) is 0.538. The molecule has 0 saturated heterocycles. The third-order valence-corrected chi connectivity index (χ3v) is 3.07. The van der Waals surface area contributed by atoms with Gasteiger partial charge < -0.3 is 10.1 Å². The lowest BCUT2D eigenvalue weighted by Crippen LogP contribution is -2.35. The van der Waals surface area contributed by atoms with Gasteiger partial charge in [0.1, 0.15) is 0 Å². The van der Waals surface area contributed by atoms with Crippen molar-refractivity contribution in [2.75, 3.05) is 6.61 Å². The molecular formula is C13H19NO. The van der Waals surface area contributed by atoms with E-state index in [1.807, 2.05) is 0 Å². The highest BCUT2D eigenvalue weighted by Crippen LogP contribution is 2.24. The summed E-state index contributed by atoms with van der Waals surface area (Å²) in [5.74, 6) is 0. The number of hydrogen-bond acceptors (Lipinski definition) is 2. The highest BCUT2D eigenvalue weighted by molar-refractivity contribution is 5.31. The summed E-state index contributed by atoms with van der Waals surface area (Å²) >= 11 is 0. The van der Waals surface area contributed by atoms with Gasteiger partial charge in [0, 0.05) is 6.04 Å². The number of benzene rings is 1. The van der Waals surface area contributed by atoms with E-state index < -0.39 is 0 Å². The Balaban J connectivity index is 2.15. The third kappa shape index (κ3) is 2.39. The summed E-state index contributed by atoms with van der Waals surface area (Å²) in [6, 6.07) is 9.45. The van der Waals surface area contributed by atoms with Crippen LogP contribution in [0.1, 0.15) is 37.4 Å². The van der Waals surface area contributed by atoms with Gasteiger partial charge in [0.05, 0.1) is 19.3 Å². The van der Waals surface area contributed by atoms with Crippen LogP contribution in [0, 0.1) is 0 Å². The minimum atomic E-state index is 0.366. The highest BCUT2D eigenvalue weighted by Gasteiger charge is 2.20. The predicted molar refractivity (Wildman–Crippen MR) is 61.7 cm³/mol. The van der Waals surface area contributed by atoms with Gasteiger partial charge in [-0.15, -0.1) is 0 Å². The van der Waals surface area contributed by atoms with Crippen molar-refractivity contribution in [1.82, 2.24) is 5.32 Å². The summed E-state index contributed by atoms with van der Waals surface area (Å²) in [7, 11) is 0. The summed E-state index contributed by atoms with van der Waals surface area (Å²) in [4.78, 5) is 0. The van der Waals surface area contributed by atoms with E-state index in [9.17, 15) is 0 Å². The summed E-state index contributed by atoms with van der Waals surface area (Å²) < 4.78 is 5.59. The average molecular weight is 205 g/mol. The van der Waals surface area contributed by atoms with Crippen LogP contribution >= 0.6 is 0 Å². The van der Waals surface area contributed by atoms with Crippen molar-refractivity contribution in [3.05, 3.63) is 35.4 Å². The number of fused-ring (bicyclic) bond motifs is 1. The molecule has 1 N–H and O–H groups in total. The zero-order chi connectivity index (χ0) is 10.7. The number of ether oxygens (including phenoxy) is 1. The molecule has 2 unspecified atom stereocenters. The van der Waals surface area contributed by atoms with Crippen LogP contribution in [0.4, 0.5) is 0 Å². The van der Waals surface area contributed by atoms with Crippen LogP contribution in [0.15, 0.2) is 24.3 Å². The molecule has 0 saturated carbocycles. The molecule has 1 aliphatic heterocycles. The lowest BCUT2D eigenvalue weighted by atomic mass is 9.98. The summed E-state index contributed by atoms with van der Waals surface area (Å²) in [5, 5.41) is 3.60. The van der Waals surface area contributed by atoms with Crippen LogP contribution < -0.4 is 5.32 Å². The van der Waals surface area contributed by atoms with Crippen molar-refractivity contribution in [2.45, 2.75) is 39.0 Å². The lowest BCUT2D eigenvalue weighted by molar-refractivity contribution is 0.0789. The Labute approximate surface area is 91.6 Å². The minimum Gasteiger partial charge on any atom is -0.375 e. The Hall–Kier alpha value is -0.860. The monoisotopic (exact) mass is 205 g/mol. The average Bonchev–Trinajstić information content (AvgIpc) is 2.29. The first-order valence-corrected chi connectivity index (χ1v) is 5.73. The van der Waals surface area contributed by atoms with Crippen molar-refractivity contribution in [3.8, 4) is 0 Å². The molecule has 0 aliphatic carbocycles. The summed E-state index contributed by atoms with van der Waals surface area (Å²) in [6.45, 7) is 5.97. The van der Waals surface area contributed by atoms with Gasteiger partial charge in [0.15, 0.2) is 0 Å². The van der Waals surface area contributed by atoms with Gasteiger partial charge in [-0.1, -0.05) is 31.2 Å². The number of hydrogen-bond donors (Lipinski definition) is 1. The Morgan fingerprint density at radius 3 is 3.07 bits per heavy atom. The van der Waals surface area contributed by atoms with Gasteiger partial charge in [-0.2, -0.15) is 0 Å². The van der Waals surface area contributed by atoms with Crippen LogP contribution in [0.5, 0.6) is 0 Å². The molecule has 15 heavy (non-hydrogen) atoms. The third-order valence-electron chi connectivity index (χ3n) is 3.07. The van der Waals surface area contributed by atoms with Gasteiger partial charge in [-0.05, 0) is 24.5 Å². The van der Waals surface area contributed by atoms with E-state index in [0.29, 0.717) is 12.1 Å². The molecule has 0 fully saturated rings. The topological polar surface area (TPSA) is 21.3 Å². The second kappa shape index (κ2) is 4.77. The largest absolute Gasteiger partial charge is 0.375 e. The molecule has 1 aromatic carbocycles. The normalized spacial score (nSPS) is 22.1. The summed E-state index contributed by atoms with van der Waals surface area (Å²) in [5.41, 5.74) is 2.73. The zero-order valence-corrected chi connectivity index (χ0v) is 9.49. The molecule has 0 spiro atoms. The molecule has 82 valence electrons. The second-order valence-electron chi connectivity index (χ2n) is 4.24. The van der Waals surface area contributed by atoms with Crippen LogP contribution in [0.3, 0.4) is 0 Å². The van der Waals surface area contributed by atoms with Crippen molar-refractivity contribution in [1.29, 1.82) is 0 Å². The Morgan fingerprint density at radius 2 is 2.27 bits per heavy atom. The predicted octanol–water partition coefficient (Wildman–Crippen LogP) is 2.65. The van der Waals surface area contributed by atoms with E-state index in [4.69, 9.17) is 4.74 Å². The van der Waals surface area contributed by atoms with Crippen molar-refractivity contribution in [2.24, 2.45) is 0 Å². The molecule has 2 nitrogen and oxygen atoms in total. The van der Waals surface area contributed by atoms with E-state index in [2.05, 4.69) is 43.4 Å². The van der Waals surface area contributed by atoms with E-state index in [-0.39, 0.29) is 0 Å². The molecule has 1 aliphatic rings. The van der Waals surface area contributed by atoms with Crippen molar-refractivity contribution in [3.63, 3.8) is 0 Å². The Kier molecular flexibility index (Phi) is 3.39. The maximum Gasteiger partial charge on any atom is 0.0721 e. The second-order valence-corrected chi connectivity index (χ2v) is 4.24. The Bertz CT molecular complexity index is 324. The minimum absolute atomic E-state index is 0.366. The van der Waals surface area contributed by atoms with E-state index >= 15 is 0 Å². The van der Waals surface area contributed by atoms with E-state index in [1.165, 1.54) is 11.1 Å². The first kappa shape index (κ1) is 10.7. The van der Waals surface area contributed by atoms with Gasteiger partial charge in [-0.3, -0.25) is 0 Å². The fourth-order valence-corrected chi connectivity index (χ4v) is 1.98. The fourth-order valence-electron chi connectivity index (χ4n) is 1.98. The van der Waals surface area contributed by atoms with E-state index in [0.717, 1.165) is 19.6 Å². The maximum absolute atomic E-state index is 5.59. The Morgan fingerprint density at radius 1 is 1.47 bits per heavy atom. The van der Waals surface area contributed by atoms with Gasteiger partial charge >= 0.3 is 0 Å². The van der Waals surface area contributed by atoms with Crippen molar-refractivity contribution < 1.29 is 4.74 Å². The first-order valence-electron chi connectivity index (χ1n) is 5.73. The molecular weight excluding hydrogens is 186 g/mol. The van der Waals surface area contributed by atoms with Crippen LogP contribution in [0.2, 0.25) is 0 Å². The number of nitrogens with one attached hydrogen (secondary N) is 1. The molecule has 0 radical (unpaired) electrons. The first-order chi connectivity index (χ1) is 7.31. The molecule has 2 heteroatoms. The molecule has 0 amide bonds. The number of rotatable bonds is 3. The summed E-state index contributed by atoms with van der Waals surface area (Å²) in [6.07, 6.45) is 1.15. The maximum atomic E-state index is 5.59. The van der Waals surface area contributed by atoms with Gasteiger partial charge in [0.2, 0.25) is 0 Å². The molecule has 1 aromatic rings. The molecule has 2 rings (SSSR count). The highest BCUT2D eigenvalue weighted by atomic mass is 16.5. The molecule has 2 atom stereocenters. The smallest absolute Gasteiger partial charge is 0.0721 e. The molecule has 1 heterocycles. The quantitative estimate of drug-likeness (QED) is 0.819. The van der Waals surface area contributed by atoms with Crippen LogP contribution in [-0.4, -0.2) is 12.6 Å². The molecule has 0 bridgehead atoms. The van der Waals surface area contributed by atoms with Crippen molar-refractivity contribution >= 4 is 0 Å². The SMILES string of the molecule is CCC(C)NC1COCc2ccccc21. The van der Waals surface area contributed by atoms with Crippen LogP contribution in [-0.2, 0) is 11.3 Å². The standard InChI is InChI=1S/C13H19NO/c1-3-10(2)14-13-9-15-8-11-6-4-5-7-12(11)13/h4-7,10,13-14H,3,8-9H2,1-2H3. The van der Waals surface area contributed by atoms with Crippen LogP contribution in [0.25, 0.3) is 0 Å². The molecule has 0 aromatic heterocycles. The lowest BCUT2D eigenvalue weighted by Gasteiger charge is -2.28. The zero-order valence-electron chi connectivity index (χ0n) is 9.49. The van der Waals surface area contributed by atoms with Gasteiger partial charge in [0.25, 0.3) is 0 Å². The van der Waals surface area contributed by atoms with Gasteiger partial charge in [-0.25, -0.2) is 0 Å². The van der Waals surface area contributed by atoms with E-state index in [1.54, 1.807) is 0 Å².